The summed E-state index contributed by atoms with van der Waals surface area (Å²) >= 11 is 0. The van der Waals surface area contributed by atoms with Crippen LogP contribution >= 0.6 is 0 Å². The number of rotatable bonds is 8. The van der Waals surface area contributed by atoms with Crippen LogP contribution < -0.4 is 21.1 Å². The zero-order valence-corrected chi connectivity index (χ0v) is 22.0. The van der Waals surface area contributed by atoms with Gasteiger partial charge in [-0.3, -0.25) is 9.69 Å². The first-order valence-electron chi connectivity index (χ1n) is 13.0. The highest BCUT2D eigenvalue weighted by molar-refractivity contribution is 6.00. The second-order valence-corrected chi connectivity index (χ2v) is 10.3. The lowest BCUT2D eigenvalue weighted by molar-refractivity contribution is 0.244. The molecule has 1 aliphatic heterocycles. The summed E-state index contributed by atoms with van der Waals surface area (Å²) in [7, 11) is 0. The molecule has 0 bridgehead atoms. The van der Waals surface area contributed by atoms with E-state index in [0.29, 0.717) is 30.1 Å². The molecule has 1 aromatic heterocycles. The summed E-state index contributed by atoms with van der Waals surface area (Å²) in [5.74, 6) is 0.327. The molecule has 1 fully saturated rings. The molecule has 7 heteroatoms. The van der Waals surface area contributed by atoms with E-state index in [-0.39, 0.29) is 11.6 Å². The molecule has 4 rings (SSSR count). The molecule has 2 amide bonds. The lowest BCUT2D eigenvalue weighted by Gasteiger charge is -2.37. The van der Waals surface area contributed by atoms with Gasteiger partial charge < -0.3 is 20.1 Å². The van der Waals surface area contributed by atoms with Crippen molar-refractivity contribution in [2.75, 3.05) is 49.5 Å². The summed E-state index contributed by atoms with van der Waals surface area (Å²) in [6.45, 7) is 14.8. The summed E-state index contributed by atoms with van der Waals surface area (Å²) < 4.78 is 1.69. The summed E-state index contributed by atoms with van der Waals surface area (Å²) in [5.41, 5.74) is 4.61. The van der Waals surface area contributed by atoms with Crippen LogP contribution in [0.15, 0.2) is 53.5 Å². The van der Waals surface area contributed by atoms with Crippen LogP contribution in [0.3, 0.4) is 0 Å². The number of fused-ring (bicyclic) bond motifs is 1. The number of aryl methyl sites for hydroxylation is 2. The number of benzene rings is 2. The summed E-state index contributed by atoms with van der Waals surface area (Å²) in [4.78, 5) is 30.4. The van der Waals surface area contributed by atoms with E-state index in [0.717, 1.165) is 44.5 Å². The molecule has 2 aromatic carbocycles. The van der Waals surface area contributed by atoms with Crippen LogP contribution in [0, 0.1) is 19.8 Å². The molecular formula is C29H39N5O2. The lowest BCUT2D eigenvalue weighted by atomic mass is 10.1. The Morgan fingerprint density at radius 2 is 1.72 bits per heavy atom. The molecule has 7 nitrogen and oxygen atoms in total. The van der Waals surface area contributed by atoms with Crippen molar-refractivity contribution in [2.45, 2.75) is 40.7 Å². The number of anilines is 2. The molecule has 0 radical (unpaired) electrons. The van der Waals surface area contributed by atoms with Gasteiger partial charge in [-0.1, -0.05) is 44.2 Å². The minimum absolute atomic E-state index is 0.0251. The number of nitrogens with zero attached hydrogens (tertiary/aromatic N) is 3. The van der Waals surface area contributed by atoms with Gasteiger partial charge in [-0.2, -0.15) is 0 Å². The van der Waals surface area contributed by atoms with Gasteiger partial charge in [0.15, 0.2) is 0 Å². The molecule has 192 valence electrons. The number of pyridine rings is 1. The Bertz CT molecular complexity index is 1260. The SMILES string of the molecule is Cc1ccc(C)c(N2CCN(CCCNC(=O)Nc3cn(CC(C)C)c(=O)c4ccccc34)CC2)c1. The monoisotopic (exact) mass is 489 g/mol. The average Bonchev–Trinajstić information content (AvgIpc) is 2.86. The summed E-state index contributed by atoms with van der Waals surface area (Å²) in [6.07, 6.45) is 2.66. The summed E-state index contributed by atoms with van der Waals surface area (Å²) in [5, 5.41) is 7.34. The van der Waals surface area contributed by atoms with Crippen LogP contribution in [0.1, 0.15) is 31.4 Å². The minimum Gasteiger partial charge on any atom is -0.369 e. The Hall–Kier alpha value is -3.32. The molecule has 2 N–H and O–H groups in total. The molecule has 1 aliphatic rings. The molecule has 2 heterocycles. The number of carbonyl (C=O) groups excluding carboxylic acids is 1. The maximum Gasteiger partial charge on any atom is 0.319 e. The smallest absolute Gasteiger partial charge is 0.319 e. The minimum atomic E-state index is -0.241. The molecule has 36 heavy (non-hydrogen) atoms. The Morgan fingerprint density at radius 3 is 2.44 bits per heavy atom. The van der Waals surface area contributed by atoms with Crippen LogP contribution in [0.5, 0.6) is 0 Å². The zero-order chi connectivity index (χ0) is 25.7. The Kier molecular flexibility index (Phi) is 8.31. The third-order valence-electron chi connectivity index (χ3n) is 6.82. The number of aromatic nitrogens is 1. The second kappa shape index (κ2) is 11.6. The number of nitrogens with one attached hydrogen (secondary N) is 2. The molecule has 0 atom stereocenters. The number of urea groups is 1. The Labute approximate surface area is 214 Å². The number of hydrogen-bond donors (Lipinski definition) is 2. The largest absolute Gasteiger partial charge is 0.369 e. The van der Waals surface area contributed by atoms with E-state index in [1.807, 2.05) is 24.3 Å². The van der Waals surface area contributed by atoms with E-state index in [9.17, 15) is 9.59 Å². The first kappa shape index (κ1) is 25.8. The van der Waals surface area contributed by atoms with Gasteiger partial charge in [0.2, 0.25) is 0 Å². The van der Waals surface area contributed by atoms with Crippen molar-refractivity contribution in [1.82, 2.24) is 14.8 Å². The van der Waals surface area contributed by atoms with Crippen molar-refractivity contribution >= 4 is 28.2 Å². The highest BCUT2D eigenvalue weighted by Gasteiger charge is 2.18. The van der Waals surface area contributed by atoms with Crippen molar-refractivity contribution in [3.8, 4) is 0 Å². The average molecular weight is 490 g/mol. The van der Waals surface area contributed by atoms with Crippen molar-refractivity contribution in [2.24, 2.45) is 5.92 Å². The number of piperazine rings is 1. The maximum atomic E-state index is 12.8. The van der Waals surface area contributed by atoms with Gasteiger partial charge in [-0.15, -0.1) is 0 Å². The topological polar surface area (TPSA) is 69.6 Å². The number of carbonyl (C=O) groups is 1. The van der Waals surface area contributed by atoms with Gasteiger partial charge in [0, 0.05) is 61.9 Å². The highest BCUT2D eigenvalue weighted by atomic mass is 16.2. The number of amides is 2. The van der Waals surface area contributed by atoms with E-state index in [1.165, 1.54) is 16.8 Å². The second-order valence-electron chi connectivity index (χ2n) is 10.3. The van der Waals surface area contributed by atoms with Crippen molar-refractivity contribution in [3.63, 3.8) is 0 Å². The first-order valence-corrected chi connectivity index (χ1v) is 13.0. The van der Waals surface area contributed by atoms with Crippen LogP contribution in [-0.4, -0.2) is 54.8 Å². The van der Waals surface area contributed by atoms with E-state index in [2.05, 4.69) is 66.3 Å². The van der Waals surface area contributed by atoms with Crippen LogP contribution in [0.4, 0.5) is 16.2 Å². The van der Waals surface area contributed by atoms with Crippen LogP contribution in [0.2, 0.25) is 0 Å². The fourth-order valence-electron chi connectivity index (χ4n) is 4.92. The molecule has 0 saturated carbocycles. The molecular weight excluding hydrogens is 450 g/mol. The normalized spacial score (nSPS) is 14.4. The maximum absolute atomic E-state index is 12.8. The molecule has 0 unspecified atom stereocenters. The predicted octanol–water partition coefficient (Wildman–Crippen LogP) is 4.61. The molecule has 1 saturated heterocycles. The predicted molar refractivity (Wildman–Crippen MR) is 149 cm³/mol. The van der Waals surface area contributed by atoms with Gasteiger partial charge in [0.1, 0.15) is 0 Å². The van der Waals surface area contributed by atoms with Crippen LogP contribution in [0.25, 0.3) is 10.8 Å². The lowest BCUT2D eigenvalue weighted by Crippen LogP contribution is -2.47. The summed E-state index contributed by atoms with van der Waals surface area (Å²) in [6, 6.07) is 13.9. The van der Waals surface area contributed by atoms with Gasteiger partial charge in [-0.25, -0.2) is 4.79 Å². The third kappa shape index (κ3) is 6.26. The van der Waals surface area contributed by atoms with Crippen LogP contribution in [-0.2, 0) is 6.54 Å². The van der Waals surface area contributed by atoms with Gasteiger partial charge in [0.05, 0.1) is 5.69 Å². The van der Waals surface area contributed by atoms with E-state index in [4.69, 9.17) is 0 Å². The number of hydrogen-bond acceptors (Lipinski definition) is 4. The van der Waals surface area contributed by atoms with E-state index >= 15 is 0 Å². The van der Waals surface area contributed by atoms with Gasteiger partial charge in [0.25, 0.3) is 5.56 Å². The zero-order valence-electron chi connectivity index (χ0n) is 22.0. The fraction of sp³-hybridized carbons (Fsp3) is 0.448. The standard InChI is InChI=1S/C29H39N5O2/c1-21(2)19-34-20-26(24-8-5-6-9-25(24)28(34)35)31-29(36)30-12-7-13-32-14-16-33(17-15-32)27-18-22(3)10-11-23(27)4/h5-6,8-11,18,20-21H,7,12-17,19H2,1-4H3,(H2,30,31,36). The molecule has 3 aromatic rings. The van der Waals surface area contributed by atoms with Gasteiger partial charge in [-0.05, 0) is 56.0 Å². The highest BCUT2D eigenvalue weighted by Crippen LogP contribution is 2.23. The Balaban J connectivity index is 1.26. The Morgan fingerprint density at radius 1 is 1.00 bits per heavy atom. The van der Waals surface area contributed by atoms with Crippen molar-refractivity contribution in [3.05, 3.63) is 70.1 Å². The van der Waals surface area contributed by atoms with Gasteiger partial charge >= 0.3 is 6.03 Å². The third-order valence-corrected chi connectivity index (χ3v) is 6.82. The molecule has 0 aliphatic carbocycles. The van der Waals surface area contributed by atoms with E-state index in [1.54, 1.807) is 10.8 Å². The van der Waals surface area contributed by atoms with E-state index < -0.39 is 0 Å². The first-order chi connectivity index (χ1) is 17.3. The fourth-order valence-corrected chi connectivity index (χ4v) is 4.92. The van der Waals surface area contributed by atoms with Crippen molar-refractivity contribution in [1.29, 1.82) is 0 Å². The quantitative estimate of drug-likeness (QED) is 0.454. The van der Waals surface area contributed by atoms with Crippen molar-refractivity contribution < 1.29 is 4.79 Å². The molecule has 0 spiro atoms.